The lowest BCUT2D eigenvalue weighted by Gasteiger charge is -2.12. The quantitative estimate of drug-likeness (QED) is 0.838. The van der Waals surface area contributed by atoms with Crippen LogP contribution in [-0.2, 0) is 19.4 Å². The second kappa shape index (κ2) is 5.69. The van der Waals surface area contributed by atoms with E-state index in [9.17, 15) is 0 Å². The van der Waals surface area contributed by atoms with Gasteiger partial charge in [0.15, 0.2) is 0 Å². The highest BCUT2D eigenvalue weighted by atomic mass is 15.0. The van der Waals surface area contributed by atoms with E-state index in [2.05, 4.69) is 54.0 Å². The third-order valence-electron chi connectivity index (χ3n) is 3.11. The monoisotopic (exact) mass is 228 g/mol. The molecule has 0 bridgehead atoms. The van der Waals surface area contributed by atoms with Crippen molar-refractivity contribution in [3.8, 4) is 0 Å². The van der Waals surface area contributed by atoms with Crippen LogP contribution in [0.25, 0.3) is 0 Å². The Labute approximate surface area is 103 Å². The fourth-order valence-electron chi connectivity index (χ4n) is 2.20. The van der Waals surface area contributed by atoms with Crippen molar-refractivity contribution in [2.24, 2.45) is 5.73 Å². The Hall–Kier alpha value is -1.54. The second-order valence-electron chi connectivity index (χ2n) is 4.28. The normalized spacial score (nSPS) is 10.7. The predicted molar refractivity (Wildman–Crippen MR) is 72.1 cm³/mol. The maximum Gasteiger partial charge on any atom is 0.0475 e. The van der Waals surface area contributed by atoms with Gasteiger partial charge >= 0.3 is 0 Å². The zero-order valence-electron chi connectivity index (χ0n) is 10.4. The molecule has 0 aliphatic rings. The molecule has 0 saturated carbocycles. The van der Waals surface area contributed by atoms with Crippen LogP contribution in [0.4, 0.5) is 0 Å². The number of hydrogen-bond donors (Lipinski definition) is 1. The van der Waals surface area contributed by atoms with Gasteiger partial charge in [-0.1, -0.05) is 37.3 Å². The van der Waals surface area contributed by atoms with E-state index in [0.29, 0.717) is 6.54 Å². The molecule has 17 heavy (non-hydrogen) atoms. The first kappa shape index (κ1) is 11.9. The van der Waals surface area contributed by atoms with Crippen molar-refractivity contribution in [1.29, 1.82) is 0 Å². The minimum absolute atomic E-state index is 0.710. The molecule has 0 saturated heterocycles. The first-order valence-corrected chi connectivity index (χ1v) is 6.26. The van der Waals surface area contributed by atoms with E-state index in [1.165, 1.54) is 17.0 Å². The number of benzene rings is 1. The molecule has 2 heteroatoms. The molecule has 1 heterocycles. The SMILES string of the molecule is CCc1ccc(CCN)n1Cc1ccccc1. The molecule has 0 spiro atoms. The topological polar surface area (TPSA) is 30.9 Å². The van der Waals surface area contributed by atoms with Crippen LogP contribution >= 0.6 is 0 Å². The van der Waals surface area contributed by atoms with Crippen molar-refractivity contribution in [1.82, 2.24) is 4.57 Å². The van der Waals surface area contributed by atoms with Crippen LogP contribution in [0, 0.1) is 0 Å². The van der Waals surface area contributed by atoms with E-state index in [0.717, 1.165) is 19.4 Å². The van der Waals surface area contributed by atoms with Crippen molar-refractivity contribution >= 4 is 0 Å². The van der Waals surface area contributed by atoms with Gasteiger partial charge in [-0.25, -0.2) is 0 Å². The number of aromatic nitrogens is 1. The van der Waals surface area contributed by atoms with Crippen LogP contribution in [0.5, 0.6) is 0 Å². The highest BCUT2D eigenvalue weighted by molar-refractivity contribution is 5.22. The number of nitrogens with two attached hydrogens (primary N) is 1. The Morgan fingerprint density at radius 1 is 1.00 bits per heavy atom. The lowest BCUT2D eigenvalue weighted by molar-refractivity contribution is 0.698. The Bertz CT molecular complexity index is 457. The van der Waals surface area contributed by atoms with Gasteiger partial charge in [0.2, 0.25) is 0 Å². The Balaban J connectivity index is 2.26. The van der Waals surface area contributed by atoms with Gasteiger partial charge in [-0.2, -0.15) is 0 Å². The predicted octanol–water partition coefficient (Wildman–Crippen LogP) is 2.60. The van der Waals surface area contributed by atoms with Crippen molar-refractivity contribution in [2.45, 2.75) is 26.3 Å². The minimum atomic E-state index is 0.710. The largest absolute Gasteiger partial charge is 0.344 e. The molecule has 1 aromatic heterocycles. The highest BCUT2D eigenvalue weighted by Gasteiger charge is 2.06. The maximum atomic E-state index is 5.66. The van der Waals surface area contributed by atoms with Gasteiger partial charge in [0.1, 0.15) is 0 Å². The highest BCUT2D eigenvalue weighted by Crippen LogP contribution is 2.13. The Morgan fingerprint density at radius 3 is 2.35 bits per heavy atom. The van der Waals surface area contributed by atoms with Crippen LogP contribution in [0.2, 0.25) is 0 Å². The molecular weight excluding hydrogens is 208 g/mol. The van der Waals surface area contributed by atoms with Gasteiger partial charge in [0.05, 0.1) is 0 Å². The summed E-state index contributed by atoms with van der Waals surface area (Å²) in [5.41, 5.74) is 9.73. The van der Waals surface area contributed by atoms with E-state index >= 15 is 0 Å². The Morgan fingerprint density at radius 2 is 1.71 bits per heavy atom. The zero-order chi connectivity index (χ0) is 12.1. The van der Waals surface area contributed by atoms with Crippen LogP contribution < -0.4 is 5.73 Å². The average molecular weight is 228 g/mol. The fraction of sp³-hybridized carbons (Fsp3) is 0.333. The molecule has 0 radical (unpaired) electrons. The van der Waals surface area contributed by atoms with Crippen LogP contribution in [-0.4, -0.2) is 11.1 Å². The van der Waals surface area contributed by atoms with E-state index in [4.69, 9.17) is 5.73 Å². The van der Waals surface area contributed by atoms with Gasteiger partial charge in [0.25, 0.3) is 0 Å². The molecule has 0 fully saturated rings. The lowest BCUT2D eigenvalue weighted by atomic mass is 10.2. The summed E-state index contributed by atoms with van der Waals surface area (Å²) in [6.45, 7) is 3.86. The van der Waals surface area contributed by atoms with Gasteiger partial charge in [-0.15, -0.1) is 0 Å². The molecule has 1 aromatic carbocycles. The van der Waals surface area contributed by atoms with E-state index in [-0.39, 0.29) is 0 Å². The molecule has 0 amide bonds. The fourth-order valence-corrected chi connectivity index (χ4v) is 2.20. The van der Waals surface area contributed by atoms with Gasteiger partial charge in [-0.3, -0.25) is 0 Å². The molecule has 2 nitrogen and oxygen atoms in total. The summed E-state index contributed by atoms with van der Waals surface area (Å²) in [7, 11) is 0. The van der Waals surface area contributed by atoms with E-state index in [1.54, 1.807) is 0 Å². The van der Waals surface area contributed by atoms with Crippen LogP contribution in [0.3, 0.4) is 0 Å². The summed E-state index contributed by atoms with van der Waals surface area (Å²) in [5.74, 6) is 0. The molecular formula is C15H20N2. The smallest absolute Gasteiger partial charge is 0.0475 e. The standard InChI is InChI=1S/C15H20N2/c1-2-14-8-9-15(10-11-16)17(14)12-13-6-4-3-5-7-13/h3-9H,2,10-12,16H2,1H3. The van der Waals surface area contributed by atoms with Gasteiger partial charge in [0, 0.05) is 17.9 Å². The summed E-state index contributed by atoms with van der Waals surface area (Å²) < 4.78 is 2.39. The van der Waals surface area contributed by atoms with Crippen molar-refractivity contribution in [3.05, 3.63) is 59.4 Å². The molecule has 0 atom stereocenters. The molecule has 0 aliphatic heterocycles. The van der Waals surface area contributed by atoms with Gasteiger partial charge < -0.3 is 10.3 Å². The van der Waals surface area contributed by atoms with Crippen molar-refractivity contribution in [2.75, 3.05) is 6.54 Å². The number of hydrogen-bond acceptors (Lipinski definition) is 1. The molecule has 2 aromatic rings. The first-order valence-electron chi connectivity index (χ1n) is 6.26. The number of rotatable bonds is 5. The van der Waals surface area contributed by atoms with Crippen molar-refractivity contribution in [3.63, 3.8) is 0 Å². The lowest BCUT2D eigenvalue weighted by Crippen LogP contribution is -2.11. The first-order chi connectivity index (χ1) is 8.35. The van der Waals surface area contributed by atoms with E-state index in [1.807, 2.05) is 0 Å². The molecule has 2 rings (SSSR count). The zero-order valence-corrected chi connectivity index (χ0v) is 10.4. The molecule has 0 aliphatic carbocycles. The second-order valence-corrected chi connectivity index (χ2v) is 4.28. The Kier molecular flexibility index (Phi) is 3.99. The molecule has 0 unspecified atom stereocenters. The third kappa shape index (κ3) is 2.77. The molecule has 2 N–H and O–H groups in total. The van der Waals surface area contributed by atoms with Gasteiger partial charge in [-0.05, 0) is 37.1 Å². The van der Waals surface area contributed by atoms with Crippen LogP contribution in [0.15, 0.2) is 42.5 Å². The average Bonchev–Trinajstić information content (AvgIpc) is 2.74. The maximum absolute atomic E-state index is 5.66. The summed E-state index contributed by atoms with van der Waals surface area (Å²) in [6, 6.07) is 15.0. The summed E-state index contributed by atoms with van der Waals surface area (Å²) in [6.07, 6.45) is 2.02. The van der Waals surface area contributed by atoms with Crippen molar-refractivity contribution < 1.29 is 0 Å². The number of aryl methyl sites for hydroxylation is 1. The molecule has 90 valence electrons. The third-order valence-corrected chi connectivity index (χ3v) is 3.11. The minimum Gasteiger partial charge on any atom is -0.344 e. The summed E-state index contributed by atoms with van der Waals surface area (Å²) in [5, 5.41) is 0. The summed E-state index contributed by atoms with van der Waals surface area (Å²) in [4.78, 5) is 0. The van der Waals surface area contributed by atoms with Crippen LogP contribution in [0.1, 0.15) is 23.9 Å². The number of nitrogens with zero attached hydrogens (tertiary/aromatic N) is 1. The summed E-state index contributed by atoms with van der Waals surface area (Å²) >= 11 is 0. The van der Waals surface area contributed by atoms with E-state index < -0.39 is 0 Å².